The van der Waals surface area contributed by atoms with Gasteiger partial charge in [-0.3, -0.25) is 9.59 Å². The van der Waals surface area contributed by atoms with Crippen molar-refractivity contribution in [3.63, 3.8) is 0 Å². The number of methoxy groups -OCH3 is 1. The lowest BCUT2D eigenvalue weighted by molar-refractivity contribution is -0.141. The second-order valence-corrected chi connectivity index (χ2v) is 5.04. The molecule has 2 atom stereocenters. The van der Waals surface area contributed by atoms with Gasteiger partial charge in [0.1, 0.15) is 0 Å². The summed E-state index contributed by atoms with van der Waals surface area (Å²) in [6, 6.07) is -0.475. The Labute approximate surface area is 123 Å². The first kappa shape index (κ1) is 17.2. The summed E-state index contributed by atoms with van der Waals surface area (Å²) in [5.74, 6) is -1.34. The molecule has 0 radical (unpaired) electrons. The van der Waals surface area contributed by atoms with Crippen molar-refractivity contribution in [1.29, 1.82) is 0 Å². The minimum atomic E-state index is -0.813. The Morgan fingerprint density at radius 2 is 1.95 bits per heavy atom. The minimum absolute atomic E-state index is 0.110. The van der Waals surface area contributed by atoms with Gasteiger partial charge in [0.2, 0.25) is 5.91 Å². The molecule has 120 valence electrons. The van der Waals surface area contributed by atoms with Crippen molar-refractivity contribution in [2.24, 2.45) is 5.92 Å². The summed E-state index contributed by atoms with van der Waals surface area (Å²) in [6.07, 6.45) is 1.91. The van der Waals surface area contributed by atoms with Crippen LogP contribution in [0.5, 0.6) is 0 Å². The van der Waals surface area contributed by atoms with Crippen molar-refractivity contribution < 1.29 is 24.2 Å². The summed E-state index contributed by atoms with van der Waals surface area (Å²) in [5.41, 5.74) is 0. The van der Waals surface area contributed by atoms with Crippen LogP contribution in [0.25, 0.3) is 0 Å². The van der Waals surface area contributed by atoms with Crippen molar-refractivity contribution in [2.75, 3.05) is 26.8 Å². The van der Waals surface area contributed by atoms with E-state index >= 15 is 0 Å². The van der Waals surface area contributed by atoms with Gasteiger partial charge in [-0.25, -0.2) is 4.79 Å². The Balaban J connectivity index is 2.09. The molecular weight excluding hydrogens is 278 g/mol. The summed E-state index contributed by atoms with van der Waals surface area (Å²) < 4.78 is 4.80. The second kappa shape index (κ2) is 9.17. The Hall–Kier alpha value is -1.83. The van der Waals surface area contributed by atoms with Crippen molar-refractivity contribution in [1.82, 2.24) is 16.0 Å². The molecule has 21 heavy (non-hydrogen) atoms. The standard InChI is InChI=1S/C13H23N3O5/c1-21-7-6-14-11(17)4-5-15-13(20)16-10-3-2-9(8-10)12(18)19/h9-10H,2-8H2,1H3,(H,14,17)(H,18,19)(H2,15,16,20)/t9-,10+/m1/s1. The topological polar surface area (TPSA) is 117 Å². The van der Waals surface area contributed by atoms with Crippen LogP contribution >= 0.6 is 0 Å². The minimum Gasteiger partial charge on any atom is -0.481 e. The molecule has 0 heterocycles. The number of hydrogen-bond acceptors (Lipinski definition) is 4. The van der Waals surface area contributed by atoms with Crippen molar-refractivity contribution >= 4 is 17.9 Å². The fourth-order valence-electron chi connectivity index (χ4n) is 2.24. The van der Waals surface area contributed by atoms with E-state index in [9.17, 15) is 14.4 Å². The van der Waals surface area contributed by atoms with Gasteiger partial charge in [0.25, 0.3) is 0 Å². The zero-order valence-corrected chi connectivity index (χ0v) is 12.2. The molecule has 0 aromatic rings. The zero-order valence-electron chi connectivity index (χ0n) is 12.2. The zero-order chi connectivity index (χ0) is 15.7. The van der Waals surface area contributed by atoms with Gasteiger partial charge in [0.05, 0.1) is 12.5 Å². The van der Waals surface area contributed by atoms with Crippen molar-refractivity contribution in [3.8, 4) is 0 Å². The van der Waals surface area contributed by atoms with E-state index in [1.54, 1.807) is 7.11 Å². The number of aliphatic carboxylic acids is 1. The molecule has 1 aliphatic carbocycles. The number of carboxylic acid groups (broad SMARTS) is 1. The van der Waals surface area contributed by atoms with Gasteiger partial charge >= 0.3 is 12.0 Å². The SMILES string of the molecule is COCCNC(=O)CCNC(=O)N[C@H]1CC[C@@H](C(=O)O)C1. The van der Waals surface area contributed by atoms with Gasteiger partial charge < -0.3 is 25.8 Å². The predicted molar refractivity (Wildman–Crippen MR) is 74.8 cm³/mol. The Morgan fingerprint density at radius 3 is 2.57 bits per heavy atom. The van der Waals surface area contributed by atoms with Gasteiger partial charge in [-0.05, 0) is 19.3 Å². The van der Waals surface area contributed by atoms with Gasteiger partial charge in [-0.15, -0.1) is 0 Å². The Kier molecular flexibility index (Phi) is 7.52. The van der Waals surface area contributed by atoms with Crippen LogP contribution in [0.3, 0.4) is 0 Å². The molecular formula is C13H23N3O5. The molecule has 1 fully saturated rings. The van der Waals surface area contributed by atoms with Crippen LogP contribution in [0, 0.1) is 5.92 Å². The number of carbonyl (C=O) groups is 3. The molecule has 0 aromatic carbocycles. The highest BCUT2D eigenvalue weighted by Gasteiger charge is 2.30. The Bertz CT molecular complexity index is 375. The van der Waals surface area contributed by atoms with Gasteiger partial charge in [-0.1, -0.05) is 0 Å². The highest BCUT2D eigenvalue weighted by molar-refractivity contribution is 5.78. The largest absolute Gasteiger partial charge is 0.481 e. The van der Waals surface area contributed by atoms with E-state index in [-0.39, 0.29) is 36.9 Å². The van der Waals surface area contributed by atoms with Crippen molar-refractivity contribution in [2.45, 2.75) is 31.7 Å². The summed E-state index contributed by atoms with van der Waals surface area (Å²) >= 11 is 0. The van der Waals surface area contributed by atoms with Crippen LogP contribution in [0.4, 0.5) is 4.79 Å². The fraction of sp³-hybridized carbons (Fsp3) is 0.769. The number of rotatable bonds is 8. The van der Waals surface area contributed by atoms with E-state index in [4.69, 9.17) is 9.84 Å². The lowest BCUT2D eigenvalue weighted by atomic mass is 10.1. The van der Waals surface area contributed by atoms with Gasteiger partial charge in [-0.2, -0.15) is 0 Å². The van der Waals surface area contributed by atoms with E-state index in [2.05, 4.69) is 16.0 Å². The average Bonchev–Trinajstić information content (AvgIpc) is 2.87. The number of carbonyl (C=O) groups excluding carboxylic acids is 2. The summed E-state index contributed by atoms with van der Waals surface area (Å²) in [6.45, 7) is 1.13. The van der Waals surface area contributed by atoms with E-state index in [0.717, 1.165) is 0 Å². The molecule has 0 aliphatic heterocycles. The van der Waals surface area contributed by atoms with Crippen LogP contribution in [0.15, 0.2) is 0 Å². The summed E-state index contributed by atoms with van der Waals surface area (Å²) in [4.78, 5) is 33.8. The molecule has 8 heteroatoms. The van der Waals surface area contributed by atoms with Crippen LogP contribution in [0.1, 0.15) is 25.7 Å². The molecule has 0 spiro atoms. The number of carboxylic acids is 1. The number of hydrogen-bond donors (Lipinski definition) is 4. The van der Waals surface area contributed by atoms with Crippen LogP contribution in [-0.4, -0.2) is 55.9 Å². The first-order valence-corrected chi connectivity index (χ1v) is 7.05. The molecule has 8 nitrogen and oxygen atoms in total. The molecule has 1 saturated carbocycles. The third kappa shape index (κ3) is 6.94. The lowest BCUT2D eigenvalue weighted by Gasteiger charge is -2.13. The van der Waals surface area contributed by atoms with Gasteiger partial charge in [0, 0.05) is 32.7 Å². The lowest BCUT2D eigenvalue weighted by Crippen LogP contribution is -2.42. The third-order valence-electron chi connectivity index (χ3n) is 3.38. The van der Waals surface area contributed by atoms with Gasteiger partial charge in [0.15, 0.2) is 0 Å². The molecule has 1 rings (SSSR count). The average molecular weight is 301 g/mol. The summed E-state index contributed by atoms with van der Waals surface area (Å²) in [5, 5.41) is 16.8. The number of nitrogens with one attached hydrogen (secondary N) is 3. The highest BCUT2D eigenvalue weighted by atomic mass is 16.5. The highest BCUT2D eigenvalue weighted by Crippen LogP contribution is 2.25. The molecule has 4 N–H and O–H groups in total. The third-order valence-corrected chi connectivity index (χ3v) is 3.38. The van der Waals surface area contributed by atoms with E-state index in [1.807, 2.05) is 0 Å². The molecule has 0 unspecified atom stereocenters. The maximum Gasteiger partial charge on any atom is 0.315 e. The molecule has 0 aromatic heterocycles. The first-order chi connectivity index (χ1) is 10.0. The van der Waals surface area contributed by atoms with E-state index in [1.165, 1.54) is 0 Å². The number of amides is 3. The van der Waals surface area contributed by atoms with Crippen LogP contribution < -0.4 is 16.0 Å². The van der Waals surface area contributed by atoms with Crippen LogP contribution in [0.2, 0.25) is 0 Å². The maximum atomic E-state index is 11.6. The fourth-order valence-corrected chi connectivity index (χ4v) is 2.24. The first-order valence-electron chi connectivity index (χ1n) is 7.05. The molecule has 3 amide bonds. The number of ether oxygens (including phenoxy) is 1. The van der Waals surface area contributed by atoms with E-state index in [0.29, 0.717) is 32.4 Å². The molecule has 0 bridgehead atoms. The van der Waals surface area contributed by atoms with Crippen LogP contribution in [-0.2, 0) is 14.3 Å². The molecule has 1 aliphatic rings. The Morgan fingerprint density at radius 1 is 1.19 bits per heavy atom. The van der Waals surface area contributed by atoms with E-state index < -0.39 is 5.97 Å². The predicted octanol–water partition coefficient (Wildman–Crippen LogP) is -0.308. The summed E-state index contributed by atoms with van der Waals surface area (Å²) in [7, 11) is 1.55. The maximum absolute atomic E-state index is 11.6. The quantitative estimate of drug-likeness (QED) is 0.459. The smallest absolute Gasteiger partial charge is 0.315 e. The monoisotopic (exact) mass is 301 g/mol. The second-order valence-electron chi connectivity index (χ2n) is 5.04. The molecule has 0 saturated heterocycles. The normalized spacial score (nSPS) is 20.8. The van der Waals surface area contributed by atoms with Crippen molar-refractivity contribution in [3.05, 3.63) is 0 Å². The number of urea groups is 1.